The van der Waals surface area contributed by atoms with E-state index in [-0.39, 0.29) is 18.8 Å². The first kappa shape index (κ1) is 17.0. The van der Waals surface area contributed by atoms with Gasteiger partial charge < -0.3 is 10.4 Å². The van der Waals surface area contributed by atoms with Crippen LogP contribution in [0.25, 0.3) is 0 Å². The molecular weight excluding hydrogens is 296 g/mol. The lowest BCUT2D eigenvalue weighted by atomic mass is 10.0. The standard InChI is InChI=1S/C14H17ClN2O4/c1-8(7-12(19)20)6-11(18)16-14(21)17-13-9(2)4-3-5-10(13)15/h3-5,8H,6-7H2,1-2H3,(H,19,20)(H2,16,17,18,21). The minimum atomic E-state index is -0.980. The molecular formula is C14H17ClN2O4. The van der Waals surface area contributed by atoms with Crippen molar-refractivity contribution in [3.05, 3.63) is 28.8 Å². The number of carbonyl (C=O) groups is 3. The lowest BCUT2D eigenvalue weighted by Crippen LogP contribution is -2.35. The second-order valence-corrected chi connectivity index (χ2v) is 5.25. The van der Waals surface area contributed by atoms with E-state index in [2.05, 4.69) is 10.6 Å². The van der Waals surface area contributed by atoms with E-state index < -0.39 is 17.9 Å². The number of urea groups is 1. The van der Waals surface area contributed by atoms with Crippen molar-refractivity contribution in [2.24, 2.45) is 5.92 Å². The van der Waals surface area contributed by atoms with Crippen molar-refractivity contribution >= 4 is 35.2 Å². The van der Waals surface area contributed by atoms with E-state index in [1.807, 2.05) is 0 Å². The molecule has 0 radical (unpaired) electrons. The molecule has 0 heterocycles. The molecule has 21 heavy (non-hydrogen) atoms. The molecule has 0 saturated carbocycles. The van der Waals surface area contributed by atoms with Crippen LogP contribution in [0.3, 0.4) is 0 Å². The summed E-state index contributed by atoms with van der Waals surface area (Å²) in [5.41, 5.74) is 1.20. The molecule has 1 unspecified atom stereocenters. The van der Waals surface area contributed by atoms with Gasteiger partial charge in [0.05, 0.1) is 10.7 Å². The molecule has 0 aromatic heterocycles. The molecule has 0 fully saturated rings. The molecule has 1 rings (SSSR count). The Labute approximate surface area is 127 Å². The fourth-order valence-electron chi connectivity index (χ4n) is 1.80. The van der Waals surface area contributed by atoms with Gasteiger partial charge in [-0.1, -0.05) is 30.7 Å². The predicted molar refractivity (Wildman–Crippen MR) is 79.4 cm³/mol. The number of nitrogens with one attached hydrogen (secondary N) is 2. The molecule has 1 aromatic rings. The molecule has 6 nitrogen and oxygen atoms in total. The third-order valence-corrected chi connectivity index (χ3v) is 3.09. The van der Waals surface area contributed by atoms with Gasteiger partial charge in [0.25, 0.3) is 0 Å². The molecule has 0 aliphatic carbocycles. The number of benzene rings is 1. The molecule has 1 aromatic carbocycles. The predicted octanol–water partition coefficient (Wildman–Crippen LogP) is 2.80. The Kier molecular flexibility index (Phi) is 6.17. The minimum absolute atomic E-state index is 0.0405. The number of anilines is 1. The summed E-state index contributed by atoms with van der Waals surface area (Å²) < 4.78 is 0. The fourth-order valence-corrected chi connectivity index (χ4v) is 2.07. The number of para-hydroxylation sites is 1. The zero-order valence-electron chi connectivity index (χ0n) is 11.8. The molecule has 0 aliphatic rings. The number of rotatable bonds is 5. The van der Waals surface area contributed by atoms with Crippen molar-refractivity contribution in [3.8, 4) is 0 Å². The Morgan fingerprint density at radius 2 is 1.95 bits per heavy atom. The average molecular weight is 313 g/mol. The molecule has 3 N–H and O–H groups in total. The van der Waals surface area contributed by atoms with E-state index >= 15 is 0 Å². The number of amides is 3. The van der Waals surface area contributed by atoms with E-state index in [4.69, 9.17) is 16.7 Å². The number of carbonyl (C=O) groups excluding carboxylic acids is 2. The van der Waals surface area contributed by atoms with E-state index in [0.29, 0.717) is 10.7 Å². The summed E-state index contributed by atoms with van der Waals surface area (Å²) in [6.07, 6.45) is -0.167. The van der Waals surface area contributed by atoms with Crippen molar-refractivity contribution < 1.29 is 19.5 Å². The second-order valence-electron chi connectivity index (χ2n) is 4.84. The van der Waals surface area contributed by atoms with Crippen LogP contribution in [0.5, 0.6) is 0 Å². The Morgan fingerprint density at radius 3 is 2.52 bits per heavy atom. The molecule has 7 heteroatoms. The molecule has 0 aliphatic heterocycles. The second kappa shape index (κ2) is 7.64. The normalized spacial score (nSPS) is 11.6. The number of carboxylic acid groups (broad SMARTS) is 1. The van der Waals surface area contributed by atoms with Crippen LogP contribution in [0.15, 0.2) is 18.2 Å². The lowest BCUT2D eigenvalue weighted by Gasteiger charge is -2.12. The van der Waals surface area contributed by atoms with Crippen molar-refractivity contribution in [3.63, 3.8) is 0 Å². The van der Waals surface area contributed by atoms with Gasteiger partial charge in [0.1, 0.15) is 0 Å². The van der Waals surface area contributed by atoms with Gasteiger partial charge in [-0.15, -0.1) is 0 Å². The summed E-state index contributed by atoms with van der Waals surface area (Å²) in [6.45, 7) is 3.40. The molecule has 114 valence electrons. The van der Waals surface area contributed by atoms with Crippen molar-refractivity contribution in [1.82, 2.24) is 5.32 Å². The summed E-state index contributed by atoms with van der Waals surface area (Å²) in [7, 11) is 0. The topological polar surface area (TPSA) is 95.5 Å². The summed E-state index contributed by atoms with van der Waals surface area (Å²) in [5, 5.41) is 13.6. The summed E-state index contributed by atoms with van der Waals surface area (Å²) in [4.78, 5) is 33.8. The molecule has 3 amide bonds. The van der Waals surface area contributed by atoms with E-state index in [1.165, 1.54) is 0 Å². The minimum Gasteiger partial charge on any atom is -0.481 e. The zero-order chi connectivity index (χ0) is 16.0. The highest BCUT2D eigenvalue weighted by Gasteiger charge is 2.15. The van der Waals surface area contributed by atoms with Crippen LogP contribution in [-0.2, 0) is 9.59 Å². The highest BCUT2D eigenvalue weighted by molar-refractivity contribution is 6.34. The quantitative estimate of drug-likeness (QED) is 0.779. The van der Waals surface area contributed by atoms with Gasteiger partial charge in [0.15, 0.2) is 0 Å². The first-order valence-electron chi connectivity index (χ1n) is 6.37. The number of aryl methyl sites for hydroxylation is 1. The molecule has 0 saturated heterocycles. The summed E-state index contributed by atoms with van der Waals surface area (Å²) in [6, 6.07) is 4.46. The number of aliphatic carboxylic acids is 1. The van der Waals surface area contributed by atoms with Crippen LogP contribution >= 0.6 is 11.6 Å². The van der Waals surface area contributed by atoms with Crippen molar-refractivity contribution in [1.29, 1.82) is 0 Å². The Balaban J connectivity index is 2.54. The smallest absolute Gasteiger partial charge is 0.325 e. The highest BCUT2D eigenvalue weighted by atomic mass is 35.5. The first-order valence-corrected chi connectivity index (χ1v) is 6.75. The Hall–Kier alpha value is -2.08. The third-order valence-electron chi connectivity index (χ3n) is 2.77. The van der Waals surface area contributed by atoms with Gasteiger partial charge in [-0.05, 0) is 24.5 Å². The van der Waals surface area contributed by atoms with Crippen molar-refractivity contribution in [2.75, 3.05) is 5.32 Å². The van der Waals surface area contributed by atoms with Crippen LogP contribution in [0, 0.1) is 12.8 Å². The zero-order valence-corrected chi connectivity index (χ0v) is 12.5. The van der Waals surface area contributed by atoms with Gasteiger partial charge in [0, 0.05) is 12.8 Å². The van der Waals surface area contributed by atoms with Gasteiger partial charge in [-0.3, -0.25) is 14.9 Å². The monoisotopic (exact) mass is 312 g/mol. The van der Waals surface area contributed by atoms with Gasteiger partial charge in [-0.25, -0.2) is 4.79 Å². The van der Waals surface area contributed by atoms with Gasteiger partial charge in [0.2, 0.25) is 5.91 Å². The lowest BCUT2D eigenvalue weighted by molar-refractivity contribution is -0.138. The van der Waals surface area contributed by atoms with E-state index in [9.17, 15) is 14.4 Å². The SMILES string of the molecule is Cc1cccc(Cl)c1NC(=O)NC(=O)CC(C)CC(=O)O. The van der Waals surface area contributed by atoms with Crippen LogP contribution in [0.4, 0.5) is 10.5 Å². The molecule has 0 spiro atoms. The number of carboxylic acids is 1. The Bertz CT molecular complexity index is 540. The van der Waals surface area contributed by atoms with Crippen LogP contribution < -0.4 is 10.6 Å². The third kappa shape index (κ3) is 5.83. The largest absolute Gasteiger partial charge is 0.481 e. The highest BCUT2D eigenvalue weighted by Crippen LogP contribution is 2.24. The number of hydrogen-bond donors (Lipinski definition) is 3. The van der Waals surface area contributed by atoms with Gasteiger partial charge >= 0.3 is 12.0 Å². The first-order chi connectivity index (χ1) is 9.79. The maximum Gasteiger partial charge on any atom is 0.325 e. The molecule has 1 atom stereocenters. The molecule has 0 bridgehead atoms. The number of imide groups is 1. The number of halogens is 1. The van der Waals surface area contributed by atoms with Crippen LogP contribution in [0.1, 0.15) is 25.3 Å². The fraction of sp³-hybridized carbons (Fsp3) is 0.357. The summed E-state index contributed by atoms with van der Waals surface area (Å²) in [5.74, 6) is -1.87. The average Bonchev–Trinajstić information content (AvgIpc) is 2.32. The maximum absolute atomic E-state index is 11.7. The van der Waals surface area contributed by atoms with Crippen LogP contribution in [0.2, 0.25) is 5.02 Å². The maximum atomic E-state index is 11.7. The Morgan fingerprint density at radius 1 is 1.29 bits per heavy atom. The van der Waals surface area contributed by atoms with Crippen molar-refractivity contribution in [2.45, 2.75) is 26.7 Å². The van der Waals surface area contributed by atoms with Gasteiger partial charge in [-0.2, -0.15) is 0 Å². The van der Waals surface area contributed by atoms with E-state index in [1.54, 1.807) is 32.0 Å². The van der Waals surface area contributed by atoms with Crippen LogP contribution in [-0.4, -0.2) is 23.0 Å². The summed E-state index contributed by atoms with van der Waals surface area (Å²) >= 11 is 5.96. The van der Waals surface area contributed by atoms with E-state index in [0.717, 1.165) is 5.56 Å². The number of hydrogen-bond acceptors (Lipinski definition) is 3.